The number of hydrogen-bond donors (Lipinski definition) is 2. The molecule has 0 aliphatic heterocycles. The first-order valence-electron chi connectivity index (χ1n) is 7.99. The smallest absolute Gasteiger partial charge is 0.243 e. The number of carbonyl (C=O) groups is 2. The van der Waals surface area contributed by atoms with Crippen LogP contribution in [0.4, 0.5) is 5.69 Å². The number of benzene rings is 2. The molecular formula is C19H21BrN2O2S. The van der Waals surface area contributed by atoms with Gasteiger partial charge in [0.2, 0.25) is 11.8 Å². The second-order valence-electron chi connectivity index (χ2n) is 5.82. The highest BCUT2D eigenvalue weighted by atomic mass is 79.9. The Morgan fingerprint density at radius 3 is 2.36 bits per heavy atom. The zero-order valence-corrected chi connectivity index (χ0v) is 16.6. The maximum Gasteiger partial charge on any atom is 0.243 e. The van der Waals surface area contributed by atoms with Gasteiger partial charge in [0.1, 0.15) is 0 Å². The first kappa shape index (κ1) is 19.5. The lowest BCUT2D eigenvalue weighted by atomic mass is 10.0. The second kappa shape index (κ2) is 9.63. The molecule has 2 aromatic rings. The normalized spacial score (nSPS) is 10.6. The van der Waals surface area contributed by atoms with Gasteiger partial charge in [-0.1, -0.05) is 38.1 Å². The lowest BCUT2D eigenvalue weighted by molar-refractivity contribution is -0.122. The molecule has 0 bridgehead atoms. The van der Waals surface area contributed by atoms with Crippen LogP contribution in [0.3, 0.4) is 0 Å². The summed E-state index contributed by atoms with van der Waals surface area (Å²) in [6.07, 6.45) is 0. The molecule has 25 heavy (non-hydrogen) atoms. The van der Waals surface area contributed by atoms with Crippen LogP contribution in [0.15, 0.2) is 57.9 Å². The number of thioether (sulfide) groups is 1. The molecule has 2 rings (SSSR count). The number of rotatable bonds is 7. The summed E-state index contributed by atoms with van der Waals surface area (Å²) in [5, 5.41) is 5.38. The van der Waals surface area contributed by atoms with Crippen LogP contribution in [0.25, 0.3) is 0 Å². The van der Waals surface area contributed by atoms with Gasteiger partial charge < -0.3 is 10.6 Å². The van der Waals surface area contributed by atoms with E-state index in [1.54, 1.807) is 6.07 Å². The van der Waals surface area contributed by atoms with E-state index in [1.165, 1.54) is 17.3 Å². The summed E-state index contributed by atoms with van der Waals surface area (Å²) in [4.78, 5) is 24.8. The van der Waals surface area contributed by atoms with E-state index in [4.69, 9.17) is 0 Å². The molecule has 0 fully saturated rings. The fourth-order valence-electron chi connectivity index (χ4n) is 2.08. The Kier molecular flexibility index (Phi) is 7.52. The fourth-order valence-corrected chi connectivity index (χ4v) is 3.20. The van der Waals surface area contributed by atoms with Gasteiger partial charge in [-0.2, -0.15) is 0 Å². The summed E-state index contributed by atoms with van der Waals surface area (Å²) < 4.78 is 0.801. The first-order chi connectivity index (χ1) is 12.0. The third-order valence-corrected chi connectivity index (χ3v) is 5.21. The highest BCUT2D eigenvalue weighted by Gasteiger charge is 2.08. The van der Waals surface area contributed by atoms with E-state index in [2.05, 4.69) is 52.5 Å². The molecule has 0 heterocycles. The summed E-state index contributed by atoms with van der Waals surface area (Å²) in [6, 6.07) is 15.5. The van der Waals surface area contributed by atoms with Crippen molar-refractivity contribution in [3.05, 3.63) is 58.6 Å². The van der Waals surface area contributed by atoms with Gasteiger partial charge in [0, 0.05) is 9.37 Å². The molecule has 0 saturated heterocycles. The van der Waals surface area contributed by atoms with Crippen molar-refractivity contribution in [2.75, 3.05) is 17.6 Å². The van der Waals surface area contributed by atoms with Gasteiger partial charge >= 0.3 is 0 Å². The maximum absolute atomic E-state index is 11.9. The Bertz CT molecular complexity index is 732. The molecule has 6 heteroatoms. The van der Waals surface area contributed by atoms with E-state index in [1.807, 2.05) is 30.3 Å². The van der Waals surface area contributed by atoms with Crippen LogP contribution in [-0.2, 0) is 9.59 Å². The first-order valence-corrected chi connectivity index (χ1v) is 9.77. The summed E-state index contributed by atoms with van der Waals surface area (Å²) in [6.45, 7) is 4.25. The summed E-state index contributed by atoms with van der Waals surface area (Å²) >= 11 is 4.82. The van der Waals surface area contributed by atoms with Crippen LogP contribution >= 0.6 is 27.7 Å². The van der Waals surface area contributed by atoms with Crippen molar-refractivity contribution in [1.82, 2.24) is 5.32 Å². The Labute approximate surface area is 160 Å². The van der Waals surface area contributed by atoms with Gasteiger partial charge in [-0.25, -0.2) is 0 Å². The van der Waals surface area contributed by atoms with Crippen LogP contribution in [-0.4, -0.2) is 24.1 Å². The van der Waals surface area contributed by atoms with E-state index in [0.29, 0.717) is 11.6 Å². The largest absolute Gasteiger partial charge is 0.346 e. The van der Waals surface area contributed by atoms with Gasteiger partial charge in [-0.05, 0) is 51.7 Å². The molecule has 132 valence electrons. The molecular weight excluding hydrogens is 400 g/mol. The van der Waals surface area contributed by atoms with Crippen molar-refractivity contribution >= 4 is 45.2 Å². The zero-order valence-electron chi connectivity index (χ0n) is 14.2. The van der Waals surface area contributed by atoms with E-state index in [0.717, 1.165) is 9.37 Å². The molecule has 0 radical (unpaired) electrons. The number of nitrogens with one attached hydrogen (secondary N) is 2. The highest BCUT2D eigenvalue weighted by Crippen LogP contribution is 2.22. The van der Waals surface area contributed by atoms with Gasteiger partial charge in [-0.15, -0.1) is 11.8 Å². The predicted octanol–water partition coefficient (Wildman–Crippen LogP) is 4.42. The third-order valence-electron chi connectivity index (χ3n) is 3.51. The molecule has 0 saturated carbocycles. The minimum Gasteiger partial charge on any atom is -0.346 e. The zero-order chi connectivity index (χ0) is 18.2. The van der Waals surface area contributed by atoms with E-state index >= 15 is 0 Å². The van der Waals surface area contributed by atoms with Crippen molar-refractivity contribution in [3.63, 3.8) is 0 Å². The molecule has 0 atom stereocenters. The number of carbonyl (C=O) groups excluding carboxylic acids is 2. The Balaban J connectivity index is 1.73. The van der Waals surface area contributed by atoms with Gasteiger partial charge in [0.05, 0.1) is 18.0 Å². The Morgan fingerprint density at radius 1 is 1.04 bits per heavy atom. The Hall–Kier alpha value is -1.79. The van der Waals surface area contributed by atoms with Crippen LogP contribution < -0.4 is 10.6 Å². The number of amides is 2. The average molecular weight is 421 g/mol. The summed E-state index contributed by atoms with van der Waals surface area (Å²) in [5.41, 5.74) is 1.96. The monoisotopic (exact) mass is 420 g/mol. The second-order valence-corrected chi connectivity index (χ2v) is 7.72. The van der Waals surface area contributed by atoms with Crippen molar-refractivity contribution in [3.8, 4) is 0 Å². The van der Waals surface area contributed by atoms with Crippen LogP contribution in [0.5, 0.6) is 0 Å². The number of hydrogen-bond acceptors (Lipinski definition) is 3. The fraction of sp³-hybridized carbons (Fsp3) is 0.263. The summed E-state index contributed by atoms with van der Waals surface area (Å²) in [7, 11) is 0. The standard InChI is InChI=1S/C19H21BrN2O2S/c1-13(2)14-7-9-15(10-8-14)25-12-19(24)21-11-18(23)22-17-6-4-3-5-16(17)20/h3-10,13H,11-12H2,1-2H3,(H,21,24)(H,22,23). The van der Waals surface area contributed by atoms with Crippen LogP contribution in [0.2, 0.25) is 0 Å². The van der Waals surface area contributed by atoms with Gasteiger partial charge in [0.25, 0.3) is 0 Å². The molecule has 4 nitrogen and oxygen atoms in total. The van der Waals surface area contributed by atoms with Crippen molar-refractivity contribution in [2.24, 2.45) is 0 Å². The van der Waals surface area contributed by atoms with Crippen molar-refractivity contribution < 1.29 is 9.59 Å². The quantitative estimate of drug-likeness (QED) is 0.651. The highest BCUT2D eigenvalue weighted by molar-refractivity contribution is 9.10. The van der Waals surface area contributed by atoms with E-state index < -0.39 is 0 Å². The third kappa shape index (κ3) is 6.55. The number of anilines is 1. The maximum atomic E-state index is 11.9. The molecule has 0 spiro atoms. The SMILES string of the molecule is CC(C)c1ccc(SCC(=O)NCC(=O)Nc2ccccc2Br)cc1. The molecule has 0 aliphatic carbocycles. The number of para-hydroxylation sites is 1. The lowest BCUT2D eigenvalue weighted by Gasteiger charge is -2.09. The molecule has 2 N–H and O–H groups in total. The predicted molar refractivity (Wildman–Crippen MR) is 107 cm³/mol. The Morgan fingerprint density at radius 2 is 1.72 bits per heavy atom. The van der Waals surface area contributed by atoms with Crippen LogP contribution in [0.1, 0.15) is 25.3 Å². The van der Waals surface area contributed by atoms with E-state index in [-0.39, 0.29) is 24.1 Å². The van der Waals surface area contributed by atoms with Gasteiger partial charge in [0.15, 0.2) is 0 Å². The average Bonchev–Trinajstić information content (AvgIpc) is 2.60. The summed E-state index contributed by atoms with van der Waals surface area (Å²) in [5.74, 6) is 0.348. The lowest BCUT2D eigenvalue weighted by Crippen LogP contribution is -2.33. The molecule has 2 amide bonds. The van der Waals surface area contributed by atoms with Crippen LogP contribution in [0, 0.1) is 0 Å². The van der Waals surface area contributed by atoms with Crippen molar-refractivity contribution in [2.45, 2.75) is 24.7 Å². The minimum absolute atomic E-state index is 0.0486. The minimum atomic E-state index is -0.258. The molecule has 2 aromatic carbocycles. The van der Waals surface area contributed by atoms with Crippen molar-refractivity contribution in [1.29, 1.82) is 0 Å². The topological polar surface area (TPSA) is 58.2 Å². The van der Waals surface area contributed by atoms with E-state index in [9.17, 15) is 9.59 Å². The molecule has 0 aromatic heterocycles. The number of halogens is 1. The van der Waals surface area contributed by atoms with Gasteiger partial charge in [-0.3, -0.25) is 9.59 Å². The molecule has 0 unspecified atom stereocenters. The molecule has 0 aliphatic rings.